The van der Waals surface area contributed by atoms with Crippen LogP contribution in [0, 0.1) is 0 Å². The molecule has 0 spiro atoms. The van der Waals surface area contributed by atoms with Gasteiger partial charge in [0.1, 0.15) is 0 Å². The first-order chi connectivity index (χ1) is 0. The third kappa shape index (κ3) is 10.2. The molecule has 0 fully saturated rings. The van der Waals surface area contributed by atoms with E-state index < -0.39 is 0 Å². The Kier molecular flexibility index (Phi) is 388. The van der Waals surface area contributed by atoms with Gasteiger partial charge in [-0.25, -0.2) is 0 Å². The molecule has 0 radical (unpaired) electrons. The summed E-state index contributed by atoms with van der Waals surface area (Å²) >= 11 is 0. The van der Waals surface area contributed by atoms with Gasteiger partial charge in [-0.2, -0.15) is 0 Å². The standard InChI is InChI=1S/2O.Ti.W/q2*-2;+4;. The monoisotopic (exact) mass is 264 g/mol. The molecule has 4 heteroatoms. The van der Waals surface area contributed by atoms with Crippen molar-refractivity contribution in [3.8, 4) is 0 Å². The number of hydrogen-bond donors (Lipinski definition) is 0. The minimum atomic E-state index is 0. The fraction of sp³-hybridized carbons (Fsp3) is 0. The van der Waals surface area contributed by atoms with Crippen molar-refractivity contribution in [2.24, 2.45) is 0 Å². The summed E-state index contributed by atoms with van der Waals surface area (Å²) in [5.41, 5.74) is 0. The summed E-state index contributed by atoms with van der Waals surface area (Å²) in [5, 5.41) is 0. The third-order valence-corrected chi connectivity index (χ3v) is 0. The van der Waals surface area contributed by atoms with Gasteiger partial charge in [-0.15, -0.1) is 0 Å². The van der Waals surface area contributed by atoms with Gasteiger partial charge in [-0.1, -0.05) is 0 Å². The molecule has 0 unspecified atom stereocenters. The second-order valence-corrected chi connectivity index (χ2v) is 0. The van der Waals surface area contributed by atoms with Crippen molar-refractivity contribution >= 4 is 0 Å². The van der Waals surface area contributed by atoms with E-state index in [1.165, 1.54) is 0 Å². The van der Waals surface area contributed by atoms with Gasteiger partial charge in [0.15, 0.2) is 0 Å². The molecule has 0 aromatic rings. The van der Waals surface area contributed by atoms with Crippen molar-refractivity contribution in [1.82, 2.24) is 0 Å². The van der Waals surface area contributed by atoms with Crippen molar-refractivity contribution < 1.29 is 53.7 Å². The van der Waals surface area contributed by atoms with Crippen LogP contribution in [0.2, 0.25) is 0 Å². The Morgan fingerprint density at radius 3 is 0.750 bits per heavy atom. The van der Waals surface area contributed by atoms with Gasteiger partial charge < -0.3 is 11.0 Å². The van der Waals surface area contributed by atoms with Crippen LogP contribution < -0.4 is 0 Å². The Hall–Kier alpha value is 1.32. The van der Waals surface area contributed by atoms with Crippen LogP contribution in [0.1, 0.15) is 0 Å². The maximum absolute atomic E-state index is 0. The van der Waals surface area contributed by atoms with Crippen molar-refractivity contribution in [3.05, 3.63) is 0 Å². The summed E-state index contributed by atoms with van der Waals surface area (Å²) in [6, 6.07) is 0. The number of rotatable bonds is 0. The molecule has 0 atom stereocenters. The van der Waals surface area contributed by atoms with Crippen LogP contribution in [-0.4, -0.2) is 0 Å². The van der Waals surface area contributed by atoms with E-state index in [1.54, 1.807) is 0 Å². The van der Waals surface area contributed by atoms with Gasteiger partial charge in [0, 0.05) is 21.1 Å². The Labute approximate surface area is 53.7 Å². The van der Waals surface area contributed by atoms with Crippen molar-refractivity contribution in [2.75, 3.05) is 0 Å². The van der Waals surface area contributed by atoms with Crippen LogP contribution >= 0.6 is 0 Å². The molecule has 0 rings (SSSR count). The van der Waals surface area contributed by atoms with Gasteiger partial charge in [0.05, 0.1) is 0 Å². The van der Waals surface area contributed by atoms with Gasteiger partial charge in [0.2, 0.25) is 0 Å². The van der Waals surface area contributed by atoms with E-state index in [4.69, 9.17) is 0 Å². The minimum absolute atomic E-state index is 0. The quantitative estimate of drug-likeness (QED) is 0.542. The second kappa shape index (κ2) is 27.3. The molecule has 0 heterocycles. The summed E-state index contributed by atoms with van der Waals surface area (Å²) < 4.78 is 0. The molecule has 0 amide bonds. The van der Waals surface area contributed by atoms with Gasteiger partial charge in [-0.3, -0.25) is 0 Å². The van der Waals surface area contributed by atoms with E-state index in [1.807, 2.05) is 0 Å². The van der Waals surface area contributed by atoms with Crippen LogP contribution in [-0.2, 0) is 53.7 Å². The molecule has 2 nitrogen and oxygen atoms in total. The topological polar surface area (TPSA) is 57.0 Å². The second-order valence-electron chi connectivity index (χ2n) is 0. The molecular formula is O2TiW. The predicted molar refractivity (Wildman–Crippen MR) is 1.37 cm³/mol. The van der Waals surface area contributed by atoms with E-state index in [9.17, 15) is 0 Å². The van der Waals surface area contributed by atoms with Crippen molar-refractivity contribution in [2.45, 2.75) is 0 Å². The average molecular weight is 264 g/mol. The van der Waals surface area contributed by atoms with Crippen LogP contribution in [0.5, 0.6) is 0 Å². The normalized spacial score (nSPS) is 0. The molecule has 0 aromatic heterocycles. The zero-order valence-corrected chi connectivity index (χ0v) is 6.22. The maximum atomic E-state index is 0. The third-order valence-electron chi connectivity index (χ3n) is 0. The van der Waals surface area contributed by atoms with E-state index in [-0.39, 0.29) is 53.7 Å². The molecule has 0 saturated heterocycles. The molecule has 0 aromatic carbocycles. The molecule has 22 valence electrons. The molecule has 0 aliphatic heterocycles. The first-order valence-electron chi connectivity index (χ1n) is 0. The van der Waals surface area contributed by atoms with Crippen molar-refractivity contribution in [1.29, 1.82) is 0 Å². The first-order valence-corrected chi connectivity index (χ1v) is 0. The minimum Gasteiger partial charge on any atom is -2.00 e. The fourth-order valence-corrected chi connectivity index (χ4v) is 0. The van der Waals surface area contributed by atoms with E-state index >= 15 is 0 Å². The van der Waals surface area contributed by atoms with Crippen LogP contribution in [0.25, 0.3) is 0 Å². The Bertz CT molecular complexity index is 6.00. The summed E-state index contributed by atoms with van der Waals surface area (Å²) in [5.74, 6) is 0. The Morgan fingerprint density at radius 2 is 0.750 bits per heavy atom. The molecule has 0 aliphatic rings. The maximum Gasteiger partial charge on any atom is 4.00 e. The van der Waals surface area contributed by atoms with Gasteiger partial charge in [-0.05, 0) is 0 Å². The summed E-state index contributed by atoms with van der Waals surface area (Å²) in [4.78, 5) is 0. The molecule has 0 saturated carbocycles. The van der Waals surface area contributed by atoms with Crippen LogP contribution in [0.4, 0.5) is 0 Å². The van der Waals surface area contributed by atoms with Crippen molar-refractivity contribution in [3.63, 3.8) is 0 Å². The fourth-order valence-electron chi connectivity index (χ4n) is 0. The molecule has 4 heavy (non-hydrogen) atoms. The summed E-state index contributed by atoms with van der Waals surface area (Å²) in [6.07, 6.45) is 0. The summed E-state index contributed by atoms with van der Waals surface area (Å²) in [6.45, 7) is 0. The van der Waals surface area contributed by atoms with E-state index in [0.29, 0.717) is 0 Å². The van der Waals surface area contributed by atoms with Crippen LogP contribution in [0.15, 0.2) is 0 Å². The van der Waals surface area contributed by atoms with E-state index in [0.717, 1.165) is 0 Å². The van der Waals surface area contributed by atoms with Crippen LogP contribution in [0.3, 0.4) is 0 Å². The zero-order chi connectivity index (χ0) is 0. The molecule has 0 N–H and O–H groups in total. The van der Waals surface area contributed by atoms with E-state index in [2.05, 4.69) is 0 Å². The van der Waals surface area contributed by atoms with Gasteiger partial charge >= 0.3 is 21.7 Å². The summed E-state index contributed by atoms with van der Waals surface area (Å²) in [7, 11) is 0. The average Bonchev–Trinajstić information content (AvgIpc) is 0. The number of hydrogen-bond acceptors (Lipinski definition) is 0. The van der Waals surface area contributed by atoms with Gasteiger partial charge in [0.25, 0.3) is 0 Å². The molecular weight excluding hydrogens is 264 g/mol. The zero-order valence-electron chi connectivity index (χ0n) is 1.72. The Balaban J connectivity index is 0. The molecule has 0 aliphatic carbocycles. The SMILES string of the molecule is [O-2].[O-2].[Ti+4].[W]. The smallest absolute Gasteiger partial charge is 2.00 e. The largest absolute Gasteiger partial charge is 4.00 e. The first kappa shape index (κ1) is 56.9. The molecule has 0 bridgehead atoms. The Morgan fingerprint density at radius 1 is 0.750 bits per heavy atom. The predicted octanol–water partition coefficient (Wildman–Crippen LogP) is -0.243.